The standard InChI is InChI=1S/C21H36N4O/c1-5-6-14-26-20-9-7-8-18(15-20)16-23-21(22-4)24-19-10-12-25(13-11-19)17(2)3/h7-9,15,17,19H,5-6,10-14,16H2,1-4H3,(H2,22,23,24). The van der Waals surface area contributed by atoms with Crippen molar-refractivity contribution in [3.05, 3.63) is 29.8 Å². The Labute approximate surface area is 159 Å². The van der Waals surface area contributed by atoms with Gasteiger partial charge in [0.05, 0.1) is 6.61 Å². The van der Waals surface area contributed by atoms with Crippen LogP contribution >= 0.6 is 0 Å². The van der Waals surface area contributed by atoms with Crippen molar-refractivity contribution >= 4 is 5.96 Å². The molecule has 146 valence electrons. The number of hydrogen-bond acceptors (Lipinski definition) is 3. The van der Waals surface area contributed by atoms with Crippen LogP contribution in [0.1, 0.15) is 52.0 Å². The van der Waals surface area contributed by atoms with Gasteiger partial charge in [-0.05, 0) is 50.8 Å². The fraction of sp³-hybridized carbons (Fsp3) is 0.667. The van der Waals surface area contributed by atoms with Crippen molar-refractivity contribution in [2.45, 2.75) is 65.1 Å². The van der Waals surface area contributed by atoms with Gasteiger partial charge in [0.2, 0.25) is 0 Å². The largest absolute Gasteiger partial charge is 0.494 e. The smallest absolute Gasteiger partial charge is 0.191 e. The van der Waals surface area contributed by atoms with E-state index in [9.17, 15) is 0 Å². The molecule has 2 rings (SSSR count). The number of nitrogens with zero attached hydrogens (tertiary/aromatic N) is 2. The van der Waals surface area contributed by atoms with Gasteiger partial charge in [0.25, 0.3) is 0 Å². The minimum atomic E-state index is 0.500. The lowest BCUT2D eigenvalue weighted by molar-refractivity contribution is 0.167. The highest BCUT2D eigenvalue weighted by Crippen LogP contribution is 2.14. The Bertz CT molecular complexity index is 551. The molecule has 1 heterocycles. The predicted molar refractivity (Wildman–Crippen MR) is 110 cm³/mol. The van der Waals surface area contributed by atoms with Gasteiger partial charge in [-0.3, -0.25) is 4.99 Å². The molecule has 0 spiro atoms. The number of rotatable bonds is 8. The number of likely N-dealkylation sites (tertiary alicyclic amines) is 1. The third kappa shape index (κ3) is 6.87. The molecule has 2 N–H and O–H groups in total. The number of benzene rings is 1. The lowest BCUT2D eigenvalue weighted by Crippen LogP contribution is -2.49. The first-order valence-corrected chi connectivity index (χ1v) is 10.0. The number of hydrogen-bond donors (Lipinski definition) is 2. The number of guanidine groups is 1. The summed E-state index contributed by atoms with van der Waals surface area (Å²) in [4.78, 5) is 6.92. The van der Waals surface area contributed by atoms with Crippen LogP contribution in [0.3, 0.4) is 0 Å². The Balaban J connectivity index is 1.77. The maximum Gasteiger partial charge on any atom is 0.191 e. The quantitative estimate of drug-likeness (QED) is 0.424. The number of ether oxygens (including phenoxy) is 1. The van der Waals surface area contributed by atoms with Crippen LogP contribution in [0.15, 0.2) is 29.3 Å². The van der Waals surface area contributed by atoms with Crippen LogP contribution in [0.25, 0.3) is 0 Å². The van der Waals surface area contributed by atoms with Crippen molar-refractivity contribution in [3.63, 3.8) is 0 Å². The van der Waals surface area contributed by atoms with Gasteiger partial charge in [0.1, 0.15) is 5.75 Å². The summed E-state index contributed by atoms with van der Waals surface area (Å²) < 4.78 is 5.79. The van der Waals surface area contributed by atoms with E-state index >= 15 is 0 Å². The van der Waals surface area contributed by atoms with Gasteiger partial charge in [-0.15, -0.1) is 0 Å². The van der Waals surface area contributed by atoms with Crippen molar-refractivity contribution in [3.8, 4) is 5.75 Å². The van der Waals surface area contributed by atoms with Gasteiger partial charge in [0.15, 0.2) is 5.96 Å². The van der Waals surface area contributed by atoms with Crippen molar-refractivity contribution in [2.24, 2.45) is 4.99 Å². The first kappa shape index (κ1) is 20.6. The summed E-state index contributed by atoms with van der Waals surface area (Å²) in [6.45, 7) is 10.6. The summed E-state index contributed by atoms with van der Waals surface area (Å²) in [7, 11) is 1.84. The molecule has 1 aliphatic heterocycles. The third-order valence-electron chi connectivity index (χ3n) is 4.95. The molecule has 0 unspecified atom stereocenters. The average Bonchev–Trinajstić information content (AvgIpc) is 2.66. The molecule has 0 aliphatic carbocycles. The average molecular weight is 361 g/mol. The van der Waals surface area contributed by atoms with E-state index in [2.05, 4.69) is 59.5 Å². The lowest BCUT2D eigenvalue weighted by atomic mass is 10.0. The molecule has 1 fully saturated rings. The summed E-state index contributed by atoms with van der Waals surface area (Å²) >= 11 is 0. The first-order valence-electron chi connectivity index (χ1n) is 10.0. The molecule has 0 amide bonds. The topological polar surface area (TPSA) is 48.9 Å². The Morgan fingerprint density at radius 1 is 1.31 bits per heavy atom. The minimum absolute atomic E-state index is 0.500. The SMILES string of the molecule is CCCCOc1cccc(CNC(=NC)NC2CCN(C(C)C)CC2)c1. The van der Waals surface area contributed by atoms with Gasteiger partial charge in [0, 0.05) is 38.8 Å². The normalized spacial score (nSPS) is 16.7. The van der Waals surface area contributed by atoms with Gasteiger partial charge in [-0.25, -0.2) is 0 Å². The number of piperidine rings is 1. The predicted octanol–water partition coefficient (Wildman–Crippen LogP) is 3.40. The van der Waals surface area contributed by atoms with E-state index in [4.69, 9.17) is 4.74 Å². The van der Waals surface area contributed by atoms with Crippen LogP contribution in [-0.2, 0) is 6.54 Å². The maximum atomic E-state index is 5.79. The molecule has 1 aromatic rings. The van der Waals surface area contributed by atoms with Crippen LogP contribution < -0.4 is 15.4 Å². The summed E-state index contributed by atoms with van der Waals surface area (Å²) in [6.07, 6.45) is 4.58. The molecule has 5 nitrogen and oxygen atoms in total. The zero-order valence-corrected chi connectivity index (χ0v) is 16.9. The third-order valence-corrected chi connectivity index (χ3v) is 4.95. The van der Waals surface area contributed by atoms with Gasteiger partial charge < -0.3 is 20.3 Å². The summed E-state index contributed by atoms with van der Waals surface area (Å²) in [5, 5.41) is 7.00. The Kier molecular flexibility index (Phi) is 8.75. The van der Waals surface area contributed by atoms with E-state index in [0.717, 1.165) is 50.8 Å². The van der Waals surface area contributed by atoms with Crippen LogP contribution in [0.5, 0.6) is 5.75 Å². The maximum absolute atomic E-state index is 5.79. The first-order chi connectivity index (χ1) is 12.6. The number of aliphatic imine (C=N–C) groups is 1. The molecule has 0 radical (unpaired) electrons. The van der Waals surface area contributed by atoms with E-state index in [1.807, 2.05) is 13.1 Å². The highest BCUT2D eigenvalue weighted by molar-refractivity contribution is 5.79. The molecular formula is C21H36N4O. The molecule has 0 bridgehead atoms. The van der Waals surface area contributed by atoms with E-state index < -0.39 is 0 Å². The Morgan fingerprint density at radius 2 is 2.08 bits per heavy atom. The molecule has 1 saturated heterocycles. The Hall–Kier alpha value is -1.75. The molecular weight excluding hydrogens is 324 g/mol. The van der Waals surface area contributed by atoms with Gasteiger partial charge >= 0.3 is 0 Å². The van der Waals surface area contributed by atoms with Crippen molar-refractivity contribution < 1.29 is 4.74 Å². The van der Waals surface area contributed by atoms with Crippen LogP contribution in [0.2, 0.25) is 0 Å². The molecule has 1 aliphatic rings. The molecule has 0 saturated carbocycles. The molecule has 26 heavy (non-hydrogen) atoms. The summed E-state index contributed by atoms with van der Waals surface area (Å²) in [5.41, 5.74) is 1.21. The zero-order valence-electron chi connectivity index (χ0n) is 16.9. The van der Waals surface area contributed by atoms with Crippen molar-refractivity contribution in [2.75, 3.05) is 26.7 Å². The van der Waals surface area contributed by atoms with Crippen LogP contribution in [0, 0.1) is 0 Å². The molecule has 5 heteroatoms. The second-order valence-corrected chi connectivity index (χ2v) is 7.32. The molecule has 1 aromatic carbocycles. The monoisotopic (exact) mass is 360 g/mol. The highest BCUT2D eigenvalue weighted by atomic mass is 16.5. The van der Waals surface area contributed by atoms with Crippen LogP contribution in [-0.4, -0.2) is 49.7 Å². The summed E-state index contributed by atoms with van der Waals surface area (Å²) in [5.74, 6) is 1.83. The van der Waals surface area contributed by atoms with Crippen molar-refractivity contribution in [1.82, 2.24) is 15.5 Å². The second-order valence-electron chi connectivity index (χ2n) is 7.32. The van der Waals surface area contributed by atoms with E-state index in [0.29, 0.717) is 12.1 Å². The zero-order chi connectivity index (χ0) is 18.8. The summed E-state index contributed by atoms with van der Waals surface area (Å²) in [6, 6.07) is 9.44. The highest BCUT2D eigenvalue weighted by Gasteiger charge is 2.21. The molecule has 0 atom stereocenters. The fourth-order valence-corrected chi connectivity index (χ4v) is 3.21. The Morgan fingerprint density at radius 3 is 2.73 bits per heavy atom. The lowest BCUT2D eigenvalue weighted by Gasteiger charge is -2.35. The van der Waals surface area contributed by atoms with Crippen LogP contribution in [0.4, 0.5) is 0 Å². The fourth-order valence-electron chi connectivity index (χ4n) is 3.21. The van der Waals surface area contributed by atoms with Gasteiger partial charge in [-0.2, -0.15) is 0 Å². The van der Waals surface area contributed by atoms with Gasteiger partial charge in [-0.1, -0.05) is 25.5 Å². The molecule has 0 aromatic heterocycles. The number of nitrogens with one attached hydrogen (secondary N) is 2. The van der Waals surface area contributed by atoms with E-state index in [1.165, 1.54) is 18.4 Å². The number of unbranched alkanes of at least 4 members (excludes halogenated alkanes) is 1. The van der Waals surface area contributed by atoms with E-state index in [1.54, 1.807) is 0 Å². The van der Waals surface area contributed by atoms with Crippen molar-refractivity contribution in [1.29, 1.82) is 0 Å². The second kappa shape index (κ2) is 11.1. The van der Waals surface area contributed by atoms with E-state index in [-0.39, 0.29) is 0 Å². The minimum Gasteiger partial charge on any atom is -0.494 e.